The van der Waals surface area contributed by atoms with Gasteiger partial charge in [0.05, 0.1) is 21.3 Å². The third-order valence-electron chi connectivity index (χ3n) is 6.67. The van der Waals surface area contributed by atoms with Crippen molar-refractivity contribution >= 4 is 11.7 Å². The number of urea groups is 1. The van der Waals surface area contributed by atoms with Crippen molar-refractivity contribution in [2.24, 2.45) is 0 Å². The van der Waals surface area contributed by atoms with Gasteiger partial charge in [0, 0.05) is 69.5 Å². The second kappa shape index (κ2) is 10.8. The zero-order valence-corrected chi connectivity index (χ0v) is 21.9. The van der Waals surface area contributed by atoms with Gasteiger partial charge in [0.1, 0.15) is 0 Å². The molecule has 0 atom stereocenters. The number of anilines is 1. The third kappa shape index (κ3) is 4.89. The topological polar surface area (TPSA) is 67.4 Å². The first-order valence-corrected chi connectivity index (χ1v) is 11.9. The van der Waals surface area contributed by atoms with Crippen LogP contribution in [0, 0.1) is 6.92 Å². The zero-order valence-electron chi connectivity index (χ0n) is 21.9. The molecular formula is C28H34N4O4. The van der Waals surface area contributed by atoms with E-state index in [1.54, 1.807) is 40.3 Å². The minimum atomic E-state index is 0.0694. The van der Waals surface area contributed by atoms with E-state index in [4.69, 9.17) is 14.2 Å². The number of carbonyl (C=O) groups excluding carboxylic acids is 1. The van der Waals surface area contributed by atoms with Crippen LogP contribution in [0.5, 0.6) is 17.2 Å². The highest BCUT2D eigenvalue weighted by Gasteiger charge is 2.22. The zero-order chi connectivity index (χ0) is 25.8. The fourth-order valence-electron chi connectivity index (χ4n) is 4.63. The lowest BCUT2D eigenvalue weighted by Gasteiger charge is -2.37. The van der Waals surface area contributed by atoms with E-state index >= 15 is 0 Å². The molecule has 2 aromatic carbocycles. The summed E-state index contributed by atoms with van der Waals surface area (Å²) in [7, 11) is 8.41. The lowest BCUT2D eigenvalue weighted by molar-refractivity contribution is 0.168. The Morgan fingerprint density at radius 2 is 1.39 bits per heavy atom. The molecule has 1 aromatic heterocycles. The van der Waals surface area contributed by atoms with Crippen molar-refractivity contribution < 1.29 is 19.0 Å². The number of rotatable bonds is 6. The number of pyridine rings is 1. The van der Waals surface area contributed by atoms with E-state index in [0.29, 0.717) is 17.2 Å². The fourth-order valence-corrected chi connectivity index (χ4v) is 4.63. The van der Waals surface area contributed by atoms with Gasteiger partial charge in [-0.05, 0) is 47.9 Å². The molecule has 1 fully saturated rings. The summed E-state index contributed by atoms with van der Waals surface area (Å²) in [4.78, 5) is 22.6. The first kappa shape index (κ1) is 25.2. The van der Waals surface area contributed by atoms with Gasteiger partial charge in [0.15, 0.2) is 11.5 Å². The lowest BCUT2D eigenvalue weighted by atomic mass is 9.95. The molecule has 2 heterocycles. The monoisotopic (exact) mass is 490 g/mol. The highest BCUT2D eigenvalue weighted by Crippen LogP contribution is 2.42. The maximum atomic E-state index is 12.2. The Morgan fingerprint density at radius 3 is 1.89 bits per heavy atom. The van der Waals surface area contributed by atoms with Crippen LogP contribution in [0.15, 0.2) is 48.8 Å². The molecule has 0 spiro atoms. The van der Waals surface area contributed by atoms with Crippen LogP contribution in [0.2, 0.25) is 0 Å². The molecule has 4 rings (SSSR count). The highest BCUT2D eigenvalue weighted by molar-refractivity contribution is 5.80. The third-order valence-corrected chi connectivity index (χ3v) is 6.67. The fraction of sp³-hybridized carbons (Fsp3) is 0.357. The summed E-state index contributed by atoms with van der Waals surface area (Å²) in [6, 6.07) is 12.5. The highest BCUT2D eigenvalue weighted by atomic mass is 16.5. The van der Waals surface area contributed by atoms with Crippen molar-refractivity contribution in [1.29, 1.82) is 0 Å². The van der Waals surface area contributed by atoms with Crippen LogP contribution in [0.4, 0.5) is 10.5 Å². The molecule has 8 nitrogen and oxygen atoms in total. The number of carbonyl (C=O) groups is 1. The molecule has 0 radical (unpaired) electrons. The van der Waals surface area contributed by atoms with Crippen molar-refractivity contribution in [3.63, 3.8) is 0 Å². The molecule has 1 aliphatic rings. The Kier molecular flexibility index (Phi) is 7.52. The predicted octanol–water partition coefficient (Wildman–Crippen LogP) is 4.55. The smallest absolute Gasteiger partial charge is 0.319 e. The number of methoxy groups -OCH3 is 3. The van der Waals surface area contributed by atoms with Gasteiger partial charge in [-0.25, -0.2) is 4.79 Å². The second-order valence-electron chi connectivity index (χ2n) is 8.97. The van der Waals surface area contributed by atoms with Gasteiger partial charge in [-0.2, -0.15) is 0 Å². The second-order valence-corrected chi connectivity index (χ2v) is 8.97. The van der Waals surface area contributed by atoms with Crippen LogP contribution in [0.25, 0.3) is 22.3 Å². The average molecular weight is 491 g/mol. The molecule has 0 saturated carbocycles. The number of hydrogen-bond acceptors (Lipinski definition) is 6. The van der Waals surface area contributed by atoms with E-state index in [1.165, 1.54) is 0 Å². The van der Waals surface area contributed by atoms with E-state index in [2.05, 4.69) is 41.1 Å². The normalized spacial score (nSPS) is 13.4. The van der Waals surface area contributed by atoms with E-state index in [9.17, 15) is 4.79 Å². The number of piperazine rings is 1. The lowest BCUT2D eigenvalue weighted by Crippen LogP contribution is -2.51. The number of ether oxygens (including phenoxy) is 3. The Balaban J connectivity index is 1.58. The Bertz CT molecular complexity index is 1190. The van der Waals surface area contributed by atoms with Gasteiger partial charge < -0.3 is 28.9 Å². The molecule has 0 bridgehead atoms. The average Bonchev–Trinajstić information content (AvgIpc) is 2.92. The van der Waals surface area contributed by atoms with Gasteiger partial charge >= 0.3 is 6.03 Å². The minimum Gasteiger partial charge on any atom is -0.493 e. The summed E-state index contributed by atoms with van der Waals surface area (Å²) in [6.45, 7) is 5.17. The molecule has 2 amide bonds. The molecule has 3 aromatic rings. The van der Waals surface area contributed by atoms with Crippen molar-refractivity contribution in [3.05, 3.63) is 54.4 Å². The van der Waals surface area contributed by atoms with E-state index in [1.807, 2.05) is 29.4 Å². The Labute approximate surface area is 213 Å². The predicted molar refractivity (Wildman–Crippen MR) is 142 cm³/mol. The summed E-state index contributed by atoms with van der Waals surface area (Å²) in [5.41, 5.74) is 6.37. The standard InChI is InChI=1S/C28H34N4O4/c1-19-23(17-29-18-24(19)21-15-25(34-4)27(36-6)26(16-21)35-5)20-7-9-22(10-8-20)31-11-13-32(14-12-31)28(33)30(2)3/h7-10,15-18H,11-14H2,1-6H3. The van der Waals surface area contributed by atoms with Crippen molar-refractivity contribution in [2.45, 2.75) is 6.92 Å². The largest absolute Gasteiger partial charge is 0.493 e. The number of benzene rings is 2. The van der Waals surface area contributed by atoms with Crippen LogP contribution < -0.4 is 19.1 Å². The maximum Gasteiger partial charge on any atom is 0.319 e. The van der Waals surface area contributed by atoms with Gasteiger partial charge in [-0.3, -0.25) is 4.98 Å². The van der Waals surface area contributed by atoms with Gasteiger partial charge in [0.2, 0.25) is 5.75 Å². The van der Waals surface area contributed by atoms with Crippen LogP contribution >= 0.6 is 0 Å². The molecule has 36 heavy (non-hydrogen) atoms. The summed E-state index contributed by atoms with van der Waals surface area (Å²) in [5, 5.41) is 0. The summed E-state index contributed by atoms with van der Waals surface area (Å²) in [5.74, 6) is 1.77. The van der Waals surface area contributed by atoms with E-state index in [-0.39, 0.29) is 6.03 Å². The van der Waals surface area contributed by atoms with Gasteiger partial charge in [0.25, 0.3) is 0 Å². The van der Waals surface area contributed by atoms with E-state index < -0.39 is 0 Å². The molecule has 1 aliphatic heterocycles. The Hall–Kier alpha value is -3.94. The molecule has 1 saturated heterocycles. The first-order valence-electron chi connectivity index (χ1n) is 11.9. The molecule has 0 aliphatic carbocycles. The molecule has 0 N–H and O–H groups in total. The van der Waals surface area contributed by atoms with Gasteiger partial charge in [-0.15, -0.1) is 0 Å². The minimum absolute atomic E-state index is 0.0694. The van der Waals surface area contributed by atoms with Crippen LogP contribution in [0.1, 0.15) is 5.56 Å². The Morgan fingerprint density at radius 1 is 0.833 bits per heavy atom. The maximum absolute atomic E-state index is 12.2. The number of hydrogen-bond donors (Lipinski definition) is 0. The SMILES string of the molecule is COc1cc(-c2cncc(-c3ccc(N4CCN(C(=O)N(C)C)CC4)cc3)c2C)cc(OC)c1OC. The summed E-state index contributed by atoms with van der Waals surface area (Å²) >= 11 is 0. The number of amides is 2. The van der Waals surface area contributed by atoms with Crippen molar-refractivity contribution in [2.75, 3.05) is 66.5 Å². The molecule has 8 heteroatoms. The summed E-state index contributed by atoms with van der Waals surface area (Å²) < 4.78 is 16.6. The summed E-state index contributed by atoms with van der Waals surface area (Å²) in [6.07, 6.45) is 3.76. The van der Waals surface area contributed by atoms with Crippen LogP contribution in [0.3, 0.4) is 0 Å². The molecule has 0 unspecified atom stereocenters. The first-order chi connectivity index (χ1) is 17.4. The molecular weight excluding hydrogens is 456 g/mol. The van der Waals surface area contributed by atoms with Gasteiger partial charge in [-0.1, -0.05) is 12.1 Å². The van der Waals surface area contributed by atoms with E-state index in [0.717, 1.165) is 59.7 Å². The van der Waals surface area contributed by atoms with Crippen molar-refractivity contribution in [1.82, 2.24) is 14.8 Å². The number of aromatic nitrogens is 1. The van der Waals surface area contributed by atoms with Crippen LogP contribution in [-0.2, 0) is 0 Å². The van der Waals surface area contributed by atoms with Crippen molar-refractivity contribution in [3.8, 4) is 39.5 Å². The quantitative estimate of drug-likeness (QED) is 0.505. The molecule has 190 valence electrons. The van der Waals surface area contributed by atoms with Crippen LogP contribution in [-0.4, -0.2) is 82.4 Å². The number of nitrogens with zero attached hydrogens (tertiary/aromatic N) is 4.